The molecule has 0 spiro atoms. The lowest BCUT2D eigenvalue weighted by atomic mass is 10.1. The number of ether oxygens (including phenoxy) is 1. The van der Waals surface area contributed by atoms with Crippen LogP contribution in [0, 0.1) is 5.82 Å². The second-order valence-corrected chi connectivity index (χ2v) is 6.33. The van der Waals surface area contributed by atoms with E-state index < -0.39 is 6.04 Å². The fraction of sp³-hybridized carbons (Fsp3) is 0.211. The number of methoxy groups -OCH3 is 1. The number of hydrogen-bond donors (Lipinski definition) is 3. The average Bonchev–Trinajstić information content (AvgIpc) is 3.27. The van der Waals surface area contributed by atoms with Gasteiger partial charge in [-0.05, 0) is 24.6 Å². The summed E-state index contributed by atoms with van der Waals surface area (Å²) in [4.78, 5) is 23.8. The first-order valence-electron chi connectivity index (χ1n) is 8.47. The molecule has 0 bridgehead atoms. The Bertz CT molecular complexity index is 1050. The summed E-state index contributed by atoms with van der Waals surface area (Å²) in [6.45, 7) is 0. The summed E-state index contributed by atoms with van der Waals surface area (Å²) in [6.07, 6.45) is 0.787. The number of nitrogens with one attached hydrogen (secondary N) is 3. The van der Waals surface area contributed by atoms with Crippen molar-refractivity contribution in [1.29, 1.82) is 0 Å². The molecular weight excluding hydrogens is 351 g/mol. The number of amides is 2. The van der Waals surface area contributed by atoms with Gasteiger partial charge in [0.2, 0.25) is 11.8 Å². The van der Waals surface area contributed by atoms with Crippen molar-refractivity contribution in [1.82, 2.24) is 15.5 Å². The Morgan fingerprint density at radius 3 is 2.89 bits per heavy atom. The van der Waals surface area contributed by atoms with E-state index in [0.29, 0.717) is 46.4 Å². The minimum Gasteiger partial charge on any atom is -0.494 e. The van der Waals surface area contributed by atoms with Crippen LogP contribution in [0.15, 0.2) is 36.4 Å². The predicted octanol–water partition coefficient (Wildman–Crippen LogP) is 2.59. The van der Waals surface area contributed by atoms with Crippen molar-refractivity contribution in [2.45, 2.75) is 18.9 Å². The molecule has 138 valence electrons. The second-order valence-electron chi connectivity index (χ2n) is 6.33. The van der Waals surface area contributed by atoms with Gasteiger partial charge >= 0.3 is 0 Å². The van der Waals surface area contributed by atoms with E-state index in [-0.39, 0.29) is 17.6 Å². The number of hydrogen-bond acceptors (Lipinski definition) is 4. The first kappa shape index (κ1) is 17.0. The number of rotatable bonds is 4. The predicted molar refractivity (Wildman–Crippen MR) is 97.8 cm³/mol. The van der Waals surface area contributed by atoms with Gasteiger partial charge in [-0.1, -0.05) is 12.1 Å². The number of anilines is 1. The molecule has 2 aromatic carbocycles. The van der Waals surface area contributed by atoms with Gasteiger partial charge in [-0.3, -0.25) is 14.7 Å². The number of carbonyl (C=O) groups is 2. The van der Waals surface area contributed by atoms with Crippen LogP contribution >= 0.6 is 0 Å². The number of halogens is 1. The van der Waals surface area contributed by atoms with Crippen LogP contribution in [-0.4, -0.2) is 35.2 Å². The maximum Gasteiger partial charge on any atom is 0.247 e. The van der Waals surface area contributed by atoms with Crippen LogP contribution in [0.5, 0.6) is 5.75 Å². The smallest absolute Gasteiger partial charge is 0.247 e. The fourth-order valence-corrected chi connectivity index (χ4v) is 3.20. The first-order chi connectivity index (χ1) is 13.0. The number of nitrogens with zero attached hydrogens (tertiary/aromatic N) is 1. The molecule has 2 amide bonds. The summed E-state index contributed by atoms with van der Waals surface area (Å²) in [5, 5.41) is 13.3. The number of H-pyrrole nitrogens is 1. The summed E-state index contributed by atoms with van der Waals surface area (Å²) in [5.74, 6) is -0.354. The summed E-state index contributed by atoms with van der Waals surface area (Å²) in [5.41, 5.74) is 2.33. The third-order valence-corrected chi connectivity index (χ3v) is 4.55. The van der Waals surface area contributed by atoms with Crippen molar-refractivity contribution in [3.63, 3.8) is 0 Å². The molecule has 3 N–H and O–H groups in total. The lowest BCUT2D eigenvalue weighted by molar-refractivity contribution is -0.122. The van der Waals surface area contributed by atoms with Gasteiger partial charge in [-0.25, -0.2) is 4.39 Å². The zero-order chi connectivity index (χ0) is 19.0. The van der Waals surface area contributed by atoms with E-state index in [0.717, 1.165) is 0 Å². The first-order valence-corrected chi connectivity index (χ1v) is 8.47. The Morgan fingerprint density at radius 1 is 1.33 bits per heavy atom. The molecule has 0 saturated carbocycles. The Balaban J connectivity index is 1.72. The number of carbonyl (C=O) groups excluding carboxylic acids is 2. The topological polar surface area (TPSA) is 96.1 Å². The molecule has 0 radical (unpaired) electrons. The molecule has 2 heterocycles. The average molecular weight is 368 g/mol. The van der Waals surface area contributed by atoms with Crippen LogP contribution in [0.25, 0.3) is 22.2 Å². The van der Waals surface area contributed by atoms with Crippen LogP contribution in [0.3, 0.4) is 0 Å². The van der Waals surface area contributed by atoms with Gasteiger partial charge in [0.1, 0.15) is 23.3 Å². The fourth-order valence-electron chi connectivity index (χ4n) is 3.20. The highest BCUT2D eigenvalue weighted by molar-refractivity contribution is 6.03. The summed E-state index contributed by atoms with van der Waals surface area (Å²) < 4.78 is 18.9. The Morgan fingerprint density at radius 2 is 2.19 bits per heavy atom. The quantitative estimate of drug-likeness (QED) is 0.660. The van der Waals surface area contributed by atoms with E-state index in [1.807, 2.05) is 0 Å². The maximum atomic E-state index is 13.6. The van der Waals surface area contributed by atoms with Crippen molar-refractivity contribution in [3.8, 4) is 17.0 Å². The highest BCUT2D eigenvalue weighted by Crippen LogP contribution is 2.34. The molecule has 8 heteroatoms. The van der Waals surface area contributed by atoms with E-state index in [4.69, 9.17) is 4.74 Å². The van der Waals surface area contributed by atoms with Gasteiger partial charge in [-0.2, -0.15) is 5.10 Å². The van der Waals surface area contributed by atoms with Gasteiger partial charge in [0, 0.05) is 23.4 Å². The minimum atomic E-state index is -0.565. The summed E-state index contributed by atoms with van der Waals surface area (Å²) in [6, 6.07) is 9.01. The highest BCUT2D eigenvalue weighted by Gasteiger charge is 2.28. The van der Waals surface area contributed by atoms with Gasteiger partial charge < -0.3 is 15.4 Å². The van der Waals surface area contributed by atoms with Gasteiger partial charge in [0.25, 0.3) is 0 Å². The van der Waals surface area contributed by atoms with Gasteiger partial charge in [0.05, 0.1) is 18.3 Å². The van der Waals surface area contributed by atoms with Crippen molar-refractivity contribution < 1.29 is 18.7 Å². The van der Waals surface area contributed by atoms with Gasteiger partial charge in [0.15, 0.2) is 0 Å². The molecule has 1 unspecified atom stereocenters. The zero-order valence-corrected chi connectivity index (χ0v) is 14.5. The maximum absolute atomic E-state index is 13.6. The second kappa shape index (κ2) is 6.71. The molecule has 1 fully saturated rings. The highest BCUT2D eigenvalue weighted by atomic mass is 19.1. The van der Waals surface area contributed by atoms with Crippen LogP contribution in [0.1, 0.15) is 12.8 Å². The largest absolute Gasteiger partial charge is 0.494 e. The Labute approximate surface area is 153 Å². The van der Waals surface area contributed by atoms with E-state index >= 15 is 0 Å². The third-order valence-electron chi connectivity index (χ3n) is 4.55. The van der Waals surface area contributed by atoms with Crippen molar-refractivity contribution in [3.05, 3.63) is 42.2 Å². The summed E-state index contributed by atoms with van der Waals surface area (Å²) >= 11 is 0. The molecule has 1 aliphatic heterocycles. The zero-order valence-electron chi connectivity index (χ0n) is 14.5. The van der Waals surface area contributed by atoms with Crippen LogP contribution in [0.2, 0.25) is 0 Å². The SMILES string of the molecule is COc1cc2[nH]nc(-c3cccc(F)c3)c2cc1NC(=O)C1CCC(=O)N1. The van der Waals surface area contributed by atoms with E-state index in [9.17, 15) is 14.0 Å². The van der Waals surface area contributed by atoms with Crippen LogP contribution in [0.4, 0.5) is 10.1 Å². The van der Waals surface area contributed by atoms with E-state index in [1.54, 1.807) is 24.3 Å². The van der Waals surface area contributed by atoms with E-state index in [1.165, 1.54) is 19.2 Å². The minimum absolute atomic E-state index is 0.138. The lowest BCUT2D eigenvalue weighted by Crippen LogP contribution is -2.37. The van der Waals surface area contributed by atoms with Crippen LogP contribution in [-0.2, 0) is 9.59 Å². The summed E-state index contributed by atoms with van der Waals surface area (Å²) in [7, 11) is 1.50. The standard InChI is InChI=1S/C19H17FN4O3/c1-27-16-9-14-12(18(24-23-14)10-3-2-4-11(20)7-10)8-15(16)22-19(26)13-5-6-17(25)21-13/h2-4,7-9,13H,5-6H2,1H3,(H,21,25)(H,22,26)(H,23,24). The lowest BCUT2D eigenvalue weighted by Gasteiger charge is -2.14. The molecule has 27 heavy (non-hydrogen) atoms. The molecule has 1 saturated heterocycles. The van der Waals surface area contributed by atoms with Gasteiger partial charge in [-0.15, -0.1) is 0 Å². The van der Waals surface area contributed by atoms with Crippen molar-refractivity contribution >= 4 is 28.4 Å². The molecule has 7 nitrogen and oxygen atoms in total. The van der Waals surface area contributed by atoms with E-state index in [2.05, 4.69) is 20.8 Å². The number of fused-ring (bicyclic) bond motifs is 1. The molecule has 1 aromatic heterocycles. The molecule has 4 rings (SSSR count). The normalized spacial score (nSPS) is 16.4. The molecule has 0 aliphatic carbocycles. The number of benzene rings is 2. The third kappa shape index (κ3) is 3.21. The monoisotopic (exact) mass is 368 g/mol. The Hall–Kier alpha value is -3.42. The van der Waals surface area contributed by atoms with Crippen LogP contribution < -0.4 is 15.4 Å². The van der Waals surface area contributed by atoms with Crippen molar-refractivity contribution in [2.24, 2.45) is 0 Å². The molecular formula is C19H17FN4O3. The number of aromatic nitrogens is 2. The number of aromatic amines is 1. The Kier molecular flexibility index (Phi) is 4.23. The molecule has 1 aliphatic rings. The molecule has 3 aromatic rings. The van der Waals surface area contributed by atoms with Crippen molar-refractivity contribution in [2.75, 3.05) is 12.4 Å². The molecule has 1 atom stereocenters.